The topological polar surface area (TPSA) is 69.6 Å². The number of rotatable bonds is 4. The van der Waals surface area contributed by atoms with Crippen LogP contribution in [-0.2, 0) is 4.79 Å². The van der Waals surface area contributed by atoms with Crippen LogP contribution in [-0.4, -0.2) is 35.1 Å². The van der Waals surface area contributed by atoms with Gasteiger partial charge in [-0.3, -0.25) is 4.79 Å². The Kier molecular flexibility index (Phi) is 4.42. The van der Waals surface area contributed by atoms with E-state index in [1.54, 1.807) is 6.07 Å². The summed E-state index contributed by atoms with van der Waals surface area (Å²) < 4.78 is 0. The molecule has 5 heteroatoms. The number of hydrogen-bond acceptors (Lipinski definition) is 2. The molecule has 0 saturated carbocycles. The zero-order valence-electron chi connectivity index (χ0n) is 11.2. The van der Waals surface area contributed by atoms with Gasteiger partial charge in [-0.25, -0.2) is 4.79 Å². The van der Waals surface area contributed by atoms with Gasteiger partial charge in [-0.2, -0.15) is 0 Å². The van der Waals surface area contributed by atoms with Gasteiger partial charge in [0.05, 0.1) is 12.2 Å². The van der Waals surface area contributed by atoms with Crippen LogP contribution in [0.25, 0.3) is 10.8 Å². The van der Waals surface area contributed by atoms with E-state index in [2.05, 4.69) is 11.2 Å². The molecule has 0 unspecified atom stereocenters. The number of urea groups is 1. The lowest BCUT2D eigenvalue weighted by Crippen LogP contribution is -2.39. The summed E-state index contributed by atoms with van der Waals surface area (Å²) in [5, 5.41) is 13.4. The van der Waals surface area contributed by atoms with Crippen molar-refractivity contribution in [2.24, 2.45) is 0 Å². The van der Waals surface area contributed by atoms with E-state index in [-0.39, 0.29) is 6.54 Å². The van der Waals surface area contributed by atoms with Crippen molar-refractivity contribution in [1.82, 2.24) is 4.90 Å². The van der Waals surface area contributed by atoms with Gasteiger partial charge in [0.15, 0.2) is 0 Å². The Morgan fingerprint density at radius 3 is 2.62 bits per heavy atom. The first-order chi connectivity index (χ1) is 10.1. The first-order valence-corrected chi connectivity index (χ1v) is 6.31. The van der Waals surface area contributed by atoms with E-state index in [1.807, 2.05) is 36.4 Å². The van der Waals surface area contributed by atoms with E-state index in [9.17, 15) is 9.59 Å². The molecule has 5 nitrogen and oxygen atoms in total. The highest BCUT2D eigenvalue weighted by Gasteiger charge is 2.16. The third-order valence-corrected chi connectivity index (χ3v) is 2.93. The molecule has 0 atom stereocenters. The van der Waals surface area contributed by atoms with Crippen LogP contribution in [0.1, 0.15) is 0 Å². The van der Waals surface area contributed by atoms with Crippen molar-refractivity contribution in [2.45, 2.75) is 0 Å². The third kappa shape index (κ3) is 3.51. The predicted octanol–water partition coefficient (Wildman–Crippen LogP) is 2.39. The molecular formula is C16H14N2O3. The van der Waals surface area contributed by atoms with Crippen molar-refractivity contribution in [2.75, 3.05) is 18.4 Å². The number of carboxylic acids is 1. The predicted molar refractivity (Wildman–Crippen MR) is 81.0 cm³/mol. The number of aliphatic carboxylic acids is 1. The zero-order valence-corrected chi connectivity index (χ0v) is 11.2. The summed E-state index contributed by atoms with van der Waals surface area (Å²) in [7, 11) is 0. The van der Waals surface area contributed by atoms with Crippen molar-refractivity contribution < 1.29 is 14.7 Å². The largest absolute Gasteiger partial charge is 0.480 e. The van der Waals surface area contributed by atoms with Crippen LogP contribution in [0, 0.1) is 12.3 Å². The SMILES string of the molecule is C#CCN(CC(=O)O)C(=O)Nc1cccc2ccccc12. The van der Waals surface area contributed by atoms with Gasteiger partial charge in [-0.05, 0) is 11.5 Å². The smallest absolute Gasteiger partial charge is 0.323 e. The Balaban J connectivity index is 2.24. The third-order valence-electron chi connectivity index (χ3n) is 2.93. The first-order valence-electron chi connectivity index (χ1n) is 6.31. The number of amides is 2. The second kappa shape index (κ2) is 6.44. The molecule has 0 aliphatic heterocycles. The van der Waals surface area contributed by atoms with Crippen LogP contribution in [0.4, 0.5) is 10.5 Å². The highest BCUT2D eigenvalue weighted by Crippen LogP contribution is 2.23. The summed E-state index contributed by atoms with van der Waals surface area (Å²) in [6.45, 7) is -0.510. The number of benzene rings is 2. The number of carbonyl (C=O) groups excluding carboxylic acids is 1. The molecule has 106 valence electrons. The molecule has 2 aromatic carbocycles. The van der Waals surface area contributed by atoms with Crippen molar-refractivity contribution in [3.63, 3.8) is 0 Å². The van der Waals surface area contributed by atoms with Gasteiger partial charge in [-0.1, -0.05) is 42.3 Å². The molecule has 0 aliphatic carbocycles. The second-order valence-electron chi connectivity index (χ2n) is 4.41. The summed E-state index contributed by atoms with van der Waals surface area (Å²) in [5.41, 5.74) is 0.616. The number of carboxylic acid groups (broad SMARTS) is 1. The summed E-state index contributed by atoms with van der Waals surface area (Å²) in [5.74, 6) is 1.17. The van der Waals surface area contributed by atoms with Gasteiger partial charge in [0.1, 0.15) is 6.54 Å². The monoisotopic (exact) mass is 282 g/mol. The fraction of sp³-hybridized carbons (Fsp3) is 0.125. The molecule has 0 heterocycles. The lowest BCUT2D eigenvalue weighted by Gasteiger charge is -2.19. The van der Waals surface area contributed by atoms with E-state index >= 15 is 0 Å². The zero-order chi connectivity index (χ0) is 15.2. The number of fused-ring (bicyclic) bond motifs is 1. The average molecular weight is 282 g/mol. The molecule has 2 aromatic rings. The number of nitrogens with one attached hydrogen (secondary N) is 1. The van der Waals surface area contributed by atoms with E-state index < -0.39 is 18.5 Å². The van der Waals surface area contributed by atoms with E-state index in [4.69, 9.17) is 11.5 Å². The Morgan fingerprint density at radius 1 is 1.19 bits per heavy atom. The first kappa shape index (κ1) is 14.4. The van der Waals surface area contributed by atoms with Crippen LogP contribution in [0.5, 0.6) is 0 Å². The highest BCUT2D eigenvalue weighted by molar-refractivity contribution is 6.02. The molecule has 0 radical (unpaired) electrons. The fourth-order valence-corrected chi connectivity index (χ4v) is 2.00. The van der Waals surface area contributed by atoms with Crippen LogP contribution < -0.4 is 5.32 Å². The van der Waals surface area contributed by atoms with Crippen LogP contribution >= 0.6 is 0 Å². The maximum Gasteiger partial charge on any atom is 0.323 e. The molecule has 0 aliphatic rings. The van der Waals surface area contributed by atoms with E-state index in [0.717, 1.165) is 15.7 Å². The molecular weight excluding hydrogens is 268 g/mol. The molecule has 21 heavy (non-hydrogen) atoms. The molecule has 0 aromatic heterocycles. The Morgan fingerprint density at radius 2 is 1.90 bits per heavy atom. The maximum absolute atomic E-state index is 12.1. The fourth-order valence-electron chi connectivity index (χ4n) is 2.00. The number of anilines is 1. The molecule has 2 amide bonds. The highest BCUT2D eigenvalue weighted by atomic mass is 16.4. The van der Waals surface area contributed by atoms with Crippen molar-refractivity contribution >= 4 is 28.5 Å². The minimum Gasteiger partial charge on any atom is -0.480 e. The number of terminal acetylenes is 1. The minimum atomic E-state index is -1.11. The lowest BCUT2D eigenvalue weighted by molar-refractivity contribution is -0.137. The van der Waals surface area contributed by atoms with Crippen LogP contribution in [0.15, 0.2) is 42.5 Å². The van der Waals surface area contributed by atoms with E-state index in [1.165, 1.54) is 0 Å². The number of nitrogens with zero attached hydrogens (tertiary/aromatic N) is 1. The molecule has 0 saturated heterocycles. The van der Waals surface area contributed by atoms with Gasteiger partial charge in [0.2, 0.25) is 0 Å². The van der Waals surface area contributed by atoms with Gasteiger partial charge in [0, 0.05) is 5.39 Å². The van der Waals surface area contributed by atoms with Crippen LogP contribution in [0.2, 0.25) is 0 Å². The summed E-state index contributed by atoms with van der Waals surface area (Å²) in [4.78, 5) is 24.0. The standard InChI is InChI=1S/C16H14N2O3/c1-2-10-18(11-15(19)20)16(21)17-14-9-5-7-12-6-3-4-8-13(12)14/h1,3-9H,10-11H2,(H,17,21)(H,19,20). The summed E-state index contributed by atoms with van der Waals surface area (Å²) in [6.07, 6.45) is 5.16. The van der Waals surface area contributed by atoms with Gasteiger partial charge < -0.3 is 15.3 Å². The van der Waals surface area contributed by atoms with Gasteiger partial charge in [-0.15, -0.1) is 6.42 Å². The summed E-state index contributed by atoms with van der Waals surface area (Å²) in [6, 6.07) is 12.6. The Labute approximate surface area is 122 Å². The molecule has 0 bridgehead atoms. The molecule has 2 rings (SSSR count). The molecule has 2 N–H and O–H groups in total. The van der Waals surface area contributed by atoms with Gasteiger partial charge in [0.25, 0.3) is 0 Å². The molecule has 0 spiro atoms. The Hall–Kier alpha value is -3.00. The minimum absolute atomic E-state index is 0.0666. The van der Waals surface area contributed by atoms with Gasteiger partial charge >= 0.3 is 12.0 Å². The lowest BCUT2D eigenvalue weighted by atomic mass is 10.1. The van der Waals surface area contributed by atoms with Crippen molar-refractivity contribution in [3.05, 3.63) is 42.5 Å². The quantitative estimate of drug-likeness (QED) is 0.846. The maximum atomic E-state index is 12.1. The number of carbonyl (C=O) groups is 2. The van der Waals surface area contributed by atoms with Crippen LogP contribution in [0.3, 0.4) is 0 Å². The summed E-state index contributed by atoms with van der Waals surface area (Å²) >= 11 is 0. The Bertz CT molecular complexity index is 714. The average Bonchev–Trinajstić information content (AvgIpc) is 2.47. The molecule has 0 fully saturated rings. The second-order valence-corrected chi connectivity index (χ2v) is 4.41. The number of hydrogen-bond donors (Lipinski definition) is 2. The van der Waals surface area contributed by atoms with Crippen molar-refractivity contribution in [1.29, 1.82) is 0 Å². The normalized spacial score (nSPS) is 9.86. The van der Waals surface area contributed by atoms with E-state index in [0.29, 0.717) is 5.69 Å². The van der Waals surface area contributed by atoms with Crippen molar-refractivity contribution in [3.8, 4) is 12.3 Å².